The topological polar surface area (TPSA) is 71.1 Å². The van der Waals surface area contributed by atoms with E-state index in [2.05, 4.69) is 27.3 Å². The molecule has 0 saturated carbocycles. The van der Waals surface area contributed by atoms with Crippen molar-refractivity contribution in [2.24, 2.45) is 0 Å². The standard InChI is InChI=1S/C16H18N4O2S/c1-10-17-15(19-18-10)13-8-20(6-7-22-13)16(21)12-9-23-14-5-3-2-4-11(12)14/h2-5,12-13H,6-9H2,1H3,(H,17,18,19)/t12-,13+/m0/s1. The van der Waals surface area contributed by atoms with Crippen molar-refractivity contribution in [1.82, 2.24) is 20.1 Å². The van der Waals surface area contributed by atoms with E-state index in [-0.39, 0.29) is 17.9 Å². The average molecular weight is 330 g/mol. The van der Waals surface area contributed by atoms with E-state index in [0.29, 0.717) is 25.5 Å². The molecule has 1 aromatic carbocycles. The van der Waals surface area contributed by atoms with Gasteiger partial charge < -0.3 is 9.64 Å². The minimum Gasteiger partial charge on any atom is -0.366 e. The maximum atomic E-state index is 13.0. The Morgan fingerprint density at radius 2 is 2.30 bits per heavy atom. The van der Waals surface area contributed by atoms with Gasteiger partial charge in [0.2, 0.25) is 5.91 Å². The minimum atomic E-state index is -0.248. The number of carbonyl (C=O) groups excluding carboxylic acids is 1. The molecule has 1 fully saturated rings. The third-order valence-electron chi connectivity index (χ3n) is 4.28. The number of hydrogen-bond donors (Lipinski definition) is 1. The van der Waals surface area contributed by atoms with Crippen molar-refractivity contribution in [3.05, 3.63) is 41.5 Å². The van der Waals surface area contributed by atoms with Gasteiger partial charge in [-0.1, -0.05) is 18.2 Å². The number of H-pyrrole nitrogens is 1. The molecule has 0 aliphatic carbocycles. The largest absolute Gasteiger partial charge is 0.366 e. The summed E-state index contributed by atoms with van der Waals surface area (Å²) in [5.74, 6) is 2.33. The van der Waals surface area contributed by atoms with Crippen molar-refractivity contribution in [3.63, 3.8) is 0 Å². The van der Waals surface area contributed by atoms with Crippen LogP contribution < -0.4 is 0 Å². The average Bonchev–Trinajstić information content (AvgIpc) is 3.20. The lowest BCUT2D eigenvalue weighted by Crippen LogP contribution is -2.44. The van der Waals surface area contributed by atoms with Crippen molar-refractivity contribution >= 4 is 17.7 Å². The second-order valence-corrected chi connectivity index (χ2v) is 6.89. The van der Waals surface area contributed by atoms with Gasteiger partial charge in [-0.3, -0.25) is 9.89 Å². The van der Waals surface area contributed by atoms with Crippen LogP contribution in [-0.4, -0.2) is 51.4 Å². The lowest BCUT2D eigenvalue weighted by Gasteiger charge is -2.33. The van der Waals surface area contributed by atoms with E-state index >= 15 is 0 Å². The fraction of sp³-hybridized carbons (Fsp3) is 0.438. The first kappa shape index (κ1) is 14.7. The quantitative estimate of drug-likeness (QED) is 0.911. The molecule has 23 heavy (non-hydrogen) atoms. The molecule has 6 nitrogen and oxygen atoms in total. The molecule has 3 heterocycles. The van der Waals surface area contributed by atoms with E-state index in [1.807, 2.05) is 24.0 Å². The molecule has 1 amide bonds. The SMILES string of the molecule is Cc1nc([C@H]2CN(C(=O)[C@H]3CSc4ccccc43)CCO2)n[nH]1. The normalized spacial score (nSPS) is 23.8. The van der Waals surface area contributed by atoms with Crippen LogP contribution in [0.3, 0.4) is 0 Å². The molecule has 120 valence electrons. The van der Waals surface area contributed by atoms with Gasteiger partial charge in [0.1, 0.15) is 11.9 Å². The molecule has 2 aliphatic rings. The Morgan fingerprint density at radius 1 is 1.43 bits per heavy atom. The monoisotopic (exact) mass is 330 g/mol. The fourth-order valence-electron chi connectivity index (χ4n) is 3.10. The van der Waals surface area contributed by atoms with E-state index < -0.39 is 0 Å². The number of hydrogen-bond acceptors (Lipinski definition) is 5. The summed E-state index contributed by atoms with van der Waals surface area (Å²) in [6, 6.07) is 8.18. The molecular formula is C16H18N4O2S. The number of aromatic amines is 1. The first-order chi connectivity index (χ1) is 11.2. The lowest BCUT2D eigenvalue weighted by atomic mass is 9.99. The maximum Gasteiger partial charge on any atom is 0.231 e. The van der Waals surface area contributed by atoms with E-state index in [0.717, 1.165) is 17.1 Å². The van der Waals surface area contributed by atoms with E-state index in [1.165, 1.54) is 4.90 Å². The zero-order valence-corrected chi connectivity index (χ0v) is 13.7. The molecule has 1 saturated heterocycles. The van der Waals surface area contributed by atoms with Gasteiger partial charge in [-0.15, -0.1) is 11.8 Å². The number of nitrogens with zero attached hydrogens (tertiary/aromatic N) is 3. The molecule has 1 aromatic heterocycles. The molecule has 0 unspecified atom stereocenters. The number of rotatable bonds is 2. The zero-order valence-electron chi connectivity index (χ0n) is 12.9. The third-order valence-corrected chi connectivity index (χ3v) is 5.46. The Balaban J connectivity index is 1.51. The van der Waals surface area contributed by atoms with Crippen LogP contribution in [0.5, 0.6) is 0 Å². The number of morpholine rings is 1. The number of nitrogens with one attached hydrogen (secondary N) is 1. The third kappa shape index (κ3) is 2.74. The van der Waals surface area contributed by atoms with Gasteiger partial charge in [0, 0.05) is 17.2 Å². The van der Waals surface area contributed by atoms with Gasteiger partial charge in [-0.05, 0) is 18.6 Å². The van der Waals surface area contributed by atoms with Crippen LogP contribution in [0.2, 0.25) is 0 Å². The molecular weight excluding hydrogens is 312 g/mol. The highest BCUT2D eigenvalue weighted by Crippen LogP contribution is 2.40. The van der Waals surface area contributed by atoms with Crippen LogP contribution in [-0.2, 0) is 9.53 Å². The second kappa shape index (κ2) is 5.98. The van der Waals surface area contributed by atoms with Crippen molar-refractivity contribution in [2.45, 2.75) is 23.8 Å². The highest BCUT2D eigenvalue weighted by molar-refractivity contribution is 7.99. The Kier molecular flexibility index (Phi) is 3.82. The second-order valence-electron chi connectivity index (χ2n) is 5.82. The highest BCUT2D eigenvalue weighted by atomic mass is 32.2. The molecule has 0 bridgehead atoms. The van der Waals surface area contributed by atoms with Crippen molar-refractivity contribution in [3.8, 4) is 0 Å². The highest BCUT2D eigenvalue weighted by Gasteiger charge is 2.35. The Hall–Kier alpha value is -1.86. The van der Waals surface area contributed by atoms with Crippen LogP contribution >= 0.6 is 11.8 Å². The van der Waals surface area contributed by atoms with Crippen LogP contribution in [0.15, 0.2) is 29.2 Å². The first-order valence-electron chi connectivity index (χ1n) is 7.73. The zero-order chi connectivity index (χ0) is 15.8. The first-order valence-corrected chi connectivity index (χ1v) is 8.72. The predicted octanol–water partition coefficient (Wildman–Crippen LogP) is 1.90. The molecule has 1 N–H and O–H groups in total. The fourth-order valence-corrected chi connectivity index (χ4v) is 4.32. The predicted molar refractivity (Wildman–Crippen MR) is 86.3 cm³/mol. The molecule has 2 aliphatic heterocycles. The summed E-state index contributed by atoms with van der Waals surface area (Å²) >= 11 is 1.76. The summed E-state index contributed by atoms with van der Waals surface area (Å²) in [5, 5.41) is 6.99. The number of amides is 1. The Labute approximate surface area is 138 Å². The summed E-state index contributed by atoms with van der Waals surface area (Å²) in [6.45, 7) is 3.52. The van der Waals surface area contributed by atoms with Gasteiger partial charge in [0.05, 0.1) is 19.1 Å². The van der Waals surface area contributed by atoms with E-state index in [9.17, 15) is 4.79 Å². The molecule has 0 spiro atoms. The summed E-state index contributed by atoms with van der Waals surface area (Å²) in [6.07, 6.45) is -0.248. The summed E-state index contributed by atoms with van der Waals surface area (Å²) in [5.41, 5.74) is 1.15. The van der Waals surface area contributed by atoms with Crippen molar-refractivity contribution in [1.29, 1.82) is 0 Å². The Morgan fingerprint density at radius 3 is 3.13 bits per heavy atom. The van der Waals surface area contributed by atoms with Gasteiger partial charge in [0.15, 0.2) is 5.82 Å². The van der Waals surface area contributed by atoms with Crippen LogP contribution in [0.1, 0.15) is 29.2 Å². The van der Waals surface area contributed by atoms with Gasteiger partial charge in [-0.2, -0.15) is 5.10 Å². The summed E-state index contributed by atoms with van der Waals surface area (Å²) in [4.78, 5) is 20.4. The van der Waals surface area contributed by atoms with E-state index in [4.69, 9.17) is 4.74 Å². The van der Waals surface area contributed by atoms with Crippen molar-refractivity contribution < 1.29 is 9.53 Å². The number of ether oxygens (including phenoxy) is 1. The number of thioether (sulfide) groups is 1. The maximum absolute atomic E-state index is 13.0. The molecule has 2 aromatic rings. The summed E-state index contributed by atoms with van der Waals surface area (Å²) < 4.78 is 5.75. The molecule has 0 radical (unpaired) electrons. The number of aryl methyl sites for hydroxylation is 1. The van der Waals surface area contributed by atoms with Gasteiger partial charge >= 0.3 is 0 Å². The van der Waals surface area contributed by atoms with E-state index in [1.54, 1.807) is 11.8 Å². The summed E-state index contributed by atoms with van der Waals surface area (Å²) in [7, 11) is 0. The smallest absolute Gasteiger partial charge is 0.231 e. The number of aromatic nitrogens is 3. The minimum absolute atomic E-state index is 0.0520. The molecule has 4 rings (SSSR count). The van der Waals surface area contributed by atoms with Crippen LogP contribution in [0, 0.1) is 6.92 Å². The van der Waals surface area contributed by atoms with Crippen LogP contribution in [0.4, 0.5) is 0 Å². The molecule has 2 atom stereocenters. The van der Waals surface area contributed by atoms with Gasteiger partial charge in [0.25, 0.3) is 0 Å². The number of carbonyl (C=O) groups is 1. The number of benzene rings is 1. The van der Waals surface area contributed by atoms with Crippen LogP contribution in [0.25, 0.3) is 0 Å². The molecule has 7 heteroatoms. The lowest BCUT2D eigenvalue weighted by molar-refractivity contribution is -0.140. The number of fused-ring (bicyclic) bond motifs is 1. The van der Waals surface area contributed by atoms with Crippen molar-refractivity contribution in [2.75, 3.05) is 25.4 Å². The Bertz CT molecular complexity index is 732. The van der Waals surface area contributed by atoms with Gasteiger partial charge in [-0.25, -0.2) is 4.98 Å².